The predicted molar refractivity (Wildman–Crippen MR) is 114 cm³/mol. The van der Waals surface area contributed by atoms with Gasteiger partial charge in [0.1, 0.15) is 5.82 Å². The first-order valence-corrected chi connectivity index (χ1v) is 10.1. The van der Waals surface area contributed by atoms with E-state index in [0.29, 0.717) is 12.0 Å². The van der Waals surface area contributed by atoms with E-state index in [-0.39, 0.29) is 35.6 Å². The van der Waals surface area contributed by atoms with Gasteiger partial charge in [-0.25, -0.2) is 4.39 Å². The van der Waals surface area contributed by atoms with Crippen molar-refractivity contribution >= 4 is 23.6 Å². The average molecular weight is 394 g/mol. The molecule has 3 rings (SSSR count). The molecular weight excluding hydrogens is 367 g/mol. The lowest BCUT2D eigenvalue weighted by Crippen LogP contribution is -2.46. The van der Waals surface area contributed by atoms with Crippen molar-refractivity contribution in [1.82, 2.24) is 5.32 Å². The van der Waals surface area contributed by atoms with Crippen molar-refractivity contribution in [2.45, 2.75) is 51.6 Å². The van der Waals surface area contributed by atoms with Gasteiger partial charge in [-0.05, 0) is 62.1 Å². The third-order valence-corrected chi connectivity index (χ3v) is 5.41. The van der Waals surface area contributed by atoms with Gasteiger partial charge in [0.2, 0.25) is 5.91 Å². The van der Waals surface area contributed by atoms with Gasteiger partial charge in [-0.15, -0.1) is 0 Å². The summed E-state index contributed by atoms with van der Waals surface area (Å²) in [6.07, 6.45) is 4.49. The molecule has 0 aliphatic carbocycles. The number of para-hydroxylation sites is 1. The third-order valence-electron chi connectivity index (χ3n) is 5.41. The lowest BCUT2D eigenvalue weighted by Gasteiger charge is -2.38. The van der Waals surface area contributed by atoms with Gasteiger partial charge in [0.25, 0.3) is 5.91 Å². The van der Waals surface area contributed by atoms with Crippen molar-refractivity contribution in [3.05, 3.63) is 71.6 Å². The number of anilines is 1. The summed E-state index contributed by atoms with van der Waals surface area (Å²) in [7, 11) is 0. The molecule has 2 aromatic carbocycles. The highest BCUT2D eigenvalue weighted by atomic mass is 19.1. The first-order valence-electron chi connectivity index (χ1n) is 10.1. The van der Waals surface area contributed by atoms with Crippen LogP contribution in [0.25, 0.3) is 6.08 Å². The summed E-state index contributed by atoms with van der Waals surface area (Å²) in [5, 5.41) is 3.06. The number of carbonyl (C=O) groups is 2. The summed E-state index contributed by atoms with van der Waals surface area (Å²) in [4.78, 5) is 27.5. The normalized spacial score (nSPS) is 19.7. The molecule has 5 heteroatoms. The molecule has 2 amide bonds. The van der Waals surface area contributed by atoms with Crippen LogP contribution in [-0.2, 0) is 9.59 Å². The Balaban J connectivity index is 1.87. The van der Waals surface area contributed by atoms with E-state index >= 15 is 0 Å². The van der Waals surface area contributed by atoms with Crippen LogP contribution in [0.3, 0.4) is 0 Å². The Bertz CT molecular complexity index is 925. The smallest absolute Gasteiger partial charge is 0.251 e. The fourth-order valence-corrected chi connectivity index (χ4v) is 3.70. The number of carbonyl (C=O) groups excluding carboxylic acids is 2. The lowest BCUT2D eigenvalue weighted by atomic mass is 9.85. The van der Waals surface area contributed by atoms with E-state index in [0.717, 1.165) is 17.7 Å². The molecule has 0 saturated carbocycles. The molecule has 29 heavy (non-hydrogen) atoms. The first-order chi connectivity index (χ1) is 13.9. The van der Waals surface area contributed by atoms with Crippen LogP contribution in [0.5, 0.6) is 0 Å². The summed E-state index contributed by atoms with van der Waals surface area (Å²) in [5.74, 6) is -0.811. The molecule has 0 saturated heterocycles. The molecule has 0 fully saturated rings. The quantitative estimate of drug-likeness (QED) is 0.750. The molecule has 0 spiro atoms. The van der Waals surface area contributed by atoms with E-state index < -0.39 is 0 Å². The lowest BCUT2D eigenvalue weighted by molar-refractivity contribution is -0.124. The van der Waals surface area contributed by atoms with Crippen molar-refractivity contribution < 1.29 is 14.0 Å². The predicted octanol–water partition coefficient (Wildman–Crippen LogP) is 4.66. The maximum Gasteiger partial charge on any atom is 0.251 e. The van der Waals surface area contributed by atoms with Crippen LogP contribution in [0.4, 0.5) is 10.1 Å². The summed E-state index contributed by atoms with van der Waals surface area (Å²) in [5.41, 5.74) is 2.24. The number of benzene rings is 2. The van der Waals surface area contributed by atoms with Crippen molar-refractivity contribution in [3.8, 4) is 0 Å². The number of amides is 2. The van der Waals surface area contributed by atoms with Crippen molar-refractivity contribution in [2.75, 3.05) is 4.90 Å². The first kappa shape index (κ1) is 20.8. The number of hydrogen-bond acceptors (Lipinski definition) is 2. The number of rotatable bonds is 5. The van der Waals surface area contributed by atoms with E-state index in [1.54, 1.807) is 23.1 Å². The fourth-order valence-electron chi connectivity index (χ4n) is 3.70. The summed E-state index contributed by atoms with van der Waals surface area (Å²) < 4.78 is 13.4. The van der Waals surface area contributed by atoms with Gasteiger partial charge in [-0.1, -0.05) is 37.3 Å². The van der Waals surface area contributed by atoms with Gasteiger partial charge in [-0.2, -0.15) is 0 Å². The highest BCUT2D eigenvalue weighted by molar-refractivity contribution is 6.06. The Hall–Kier alpha value is -2.95. The Morgan fingerprint density at radius 3 is 2.72 bits per heavy atom. The number of nitrogens with one attached hydrogen (secondary N) is 1. The molecule has 1 aliphatic heterocycles. The van der Waals surface area contributed by atoms with Gasteiger partial charge < -0.3 is 10.2 Å². The Labute approximate surface area is 171 Å². The Morgan fingerprint density at radius 1 is 1.24 bits per heavy atom. The largest absolute Gasteiger partial charge is 0.353 e. The standard InChI is InChI=1S/C24H27FN2O2/c1-4-16(2)26-24(29)21-14-17(3)27(22-11-6-5-10-20(21)22)23(28)13-12-18-8-7-9-19(25)15-18/h5-13,15-17,21H,4,14H2,1-3H3,(H,26,29)/b13-12+/t16-,17-,21-/m0/s1. The minimum atomic E-state index is -0.341. The monoisotopic (exact) mass is 394 g/mol. The number of nitrogens with zero attached hydrogens (tertiary/aromatic N) is 1. The zero-order chi connectivity index (χ0) is 21.0. The van der Waals surface area contributed by atoms with Crippen LogP contribution in [0.15, 0.2) is 54.6 Å². The van der Waals surface area contributed by atoms with E-state index in [1.807, 2.05) is 45.0 Å². The van der Waals surface area contributed by atoms with Crippen LogP contribution in [0.1, 0.15) is 50.7 Å². The molecule has 0 bridgehead atoms. The molecule has 2 aromatic rings. The fraction of sp³-hybridized carbons (Fsp3) is 0.333. The summed E-state index contributed by atoms with van der Waals surface area (Å²) >= 11 is 0. The van der Waals surface area contributed by atoms with Crippen molar-refractivity contribution in [2.24, 2.45) is 0 Å². The SMILES string of the molecule is CC[C@H](C)NC(=O)[C@H]1C[C@H](C)N(C(=O)/C=C/c2cccc(F)c2)c2ccccc21. The number of halogens is 1. The van der Waals surface area contributed by atoms with Crippen LogP contribution >= 0.6 is 0 Å². The molecule has 1 heterocycles. The Morgan fingerprint density at radius 2 is 2.00 bits per heavy atom. The maximum atomic E-state index is 13.4. The van der Waals surface area contributed by atoms with Crippen molar-refractivity contribution in [1.29, 1.82) is 0 Å². The topological polar surface area (TPSA) is 49.4 Å². The van der Waals surface area contributed by atoms with Gasteiger partial charge >= 0.3 is 0 Å². The zero-order valence-corrected chi connectivity index (χ0v) is 17.1. The second kappa shape index (κ2) is 9.03. The molecule has 4 nitrogen and oxygen atoms in total. The second-order valence-electron chi connectivity index (χ2n) is 7.61. The molecule has 0 unspecified atom stereocenters. The van der Waals surface area contributed by atoms with Crippen LogP contribution in [-0.4, -0.2) is 23.9 Å². The van der Waals surface area contributed by atoms with Gasteiger partial charge in [0, 0.05) is 23.8 Å². The minimum Gasteiger partial charge on any atom is -0.353 e. The average Bonchev–Trinajstić information content (AvgIpc) is 2.71. The number of fused-ring (bicyclic) bond motifs is 1. The molecule has 152 valence electrons. The van der Waals surface area contributed by atoms with E-state index in [4.69, 9.17) is 0 Å². The maximum absolute atomic E-state index is 13.4. The third kappa shape index (κ3) is 4.73. The molecule has 0 radical (unpaired) electrons. The molecule has 0 aromatic heterocycles. The molecule has 1 N–H and O–H groups in total. The molecule has 3 atom stereocenters. The molecular formula is C24H27FN2O2. The van der Waals surface area contributed by atoms with Crippen LogP contribution < -0.4 is 10.2 Å². The van der Waals surface area contributed by atoms with E-state index in [2.05, 4.69) is 5.32 Å². The van der Waals surface area contributed by atoms with Crippen LogP contribution in [0, 0.1) is 5.82 Å². The number of hydrogen-bond donors (Lipinski definition) is 1. The van der Waals surface area contributed by atoms with E-state index in [1.165, 1.54) is 18.2 Å². The second-order valence-corrected chi connectivity index (χ2v) is 7.61. The minimum absolute atomic E-state index is 0.000974. The van der Waals surface area contributed by atoms with Gasteiger partial charge in [-0.3, -0.25) is 9.59 Å². The Kier molecular flexibility index (Phi) is 6.47. The zero-order valence-electron chi connectivity index (χ0n) is 17.1. The van der Waals surface area contributed by atoms with E-state index in [9.17, 15) is 14.0 Å². The van der Waals surface area contributed by atoms with Crippen LogP contribution in [0.2, 0.25) is 0 Å². The van der Waals surface area contributed by atoms with Gasteiger partial charge in [0.15, 0.2) is 0 Å². The highest BCUT2D eigenvalue weighted by Crippen LogP contribution is 2.38. The highest BCUT2D eigenvalue weighted by Gasteiger charge is 2.36. The molecule has 1 aliphatic rings. The summed E-state index contributed by atoms with van der Waals surface area (Å²) in [6.45, 7) is 5.98. The van der Waals surface area contributed by atoms with Gasteiger partial charge in [0.05, 0.1) is 5.92 Å². The van der Waals surface area contributed by atoms with Crippen molar-refractivity contribution in [3.63, 3.8) is 0 Å². The summed E-state index contributed by atoms with van der Waals surface area (Å²) in [6, 6.07) is 13.6.